The van der Waals surface area contributed by atoms with Gasteiger partial charge in [0.25, 0.3) is 0 Å². The van der Waals surface area contributed by atoms with Gasteiger partial charge in [-0.15, -0.1) is 0 Å². The van der Waals surface area contributed by atoms with E-state index in [1.165, 1.54) is 0 Å². The Bertz CT molecular complexity index is 1290. The fourth-order valence-electron chi connectivity index (χ4n) is 3.64. The number of rotatable bonds is 2. The first-order chi connectivity index (χ1) is 12.5. The summed E-state index contributed by atoms with van der Waals surface area (Å²) in [6.07, 6.45) is 3.97. The zero-order valence-corrected chi connectivity index (χ0v) is 14.6. The van der Waals surface area contributed by atoms with E-state index in [0.29, 0.717) is 22.7 Å². The van der Waals surface area contributed by atoms with E-state index >= 15 is 0 Å². The largest absolute Gasteiger partial charge is 0.396 e. The van der Waals surface area contributed by atoms with Gasteiger partial charge in [0.1, 0.15) is 0 Å². The summed E-state index contributed by atoms with van der Waals surface area (Å²) in [7, 11) is -3.22. The van der Waals surface area contributed by atoms with Crippen LogP contribution in [0.25, 0.3) is 21.8 Å². The zero-order chi connectivity index (χ0) is 17.9. The third kappa shape index (κ3) is 2.17. The molecule has 5 rings (SSSR count). The van der Waals surface area contributed by atoms with Crippen LogP contribution < -0.4 is 11.1 Å². The summed E-state index contributed by atoms with van der Waals surface area (Å²) in [6, 6.07) is 11.4. The van der Waals surface area contributed by atoms with E-state index < -0.39 is 9.84 Å². The molecule has 130 valence electrons. The SMILES string of the molecule is Nc1cnc2ccc3c(c2c1Nc1ccc2cc[nH]c2c1)CCS3(=O)=O. The molecule has 26 heavy (non-hydrogen) atoms. The van der Waals surface area contributed by atoms with Crippen molar-refractivity contribution in [2.24, 2.45) is 0 Å². The third-order valence-corrected chi connectivity index (χ3v) is 6.70. The molecule has 0 aliphatic carbocycles. The molecule has 0 fully saturated rings. The van der Waals surface area contributed by atoms with Gasteiger partial charge in [0, 0.05) is 22.8 Å². The van der Waals surface area contributed by atoms with E-state index in [2.05, 4.69) is 15.3 Å². The van der Waals surface area contributed by atoms with Crippen LogP contribution in [0.3, 0.4) is 0 Å². The zero-order valence-electron chi connectivity index (χ0n) is 13.8. The number of fused-ring (bicyclic) bond motifs is 4. The number of pyridine rings is 1. The average Bonchev–Trinajstić information content (AvgIpc) is 3.21. The molecule has 2 aromatic heterocycles. The third-order valence-electron chi connectivity index (χ3n) is 4.91. The van der Waals surface area contributed by atoms with Crippen LogP contribution in [-0.4, -0.2) is 24.1 Å². The number of aryl methyl sites for hydroxylation is 1. The quantitative estimate of drug-likeness (QED) is 0.506. The minimum absolute atomic E-state index is 0.129. The summed E-state index contributed by atoms with van der Waals surface area (Å²) in [6.45, 7) is 0. The average molecular weight is 364 g/mol. The van der Waals surface area contributed by atoms with Crippen LogP contribution in [0, 0.1) is 0 Å². The highest BCUT2D eigenvalue weighted by Crippen LogP contribution is 2.39. The van der Waals surface area contributed by atoms with E-state index in [1.54, 1.807) is 18.3 Å². The van der Waals surface area contributed by atoms with Gasteiger partial charge in [-0.05, 0) is 47.7 Å². The Kier molecular flexibility index (Phi) is 3.05. The molecule has 1 aliphatic rings. The molecule has 0 saturated carbocycles. The number of nitrogens with two attached hydrogens (primary N) is 1. The molecule has 0 atom stereocenters. The van der Waals surface area contributed by atoms with Crippen LogP contribution in [0.4, 0.5) is 17.1 Å². The molecule has 4 aromatic rings. The number of H-pyrrole nitrogens is 1. The van der Waals surface area contributed by atoms with Gasteiger partial charge in [0.2, 0.25) is 0 Å². The lowest BCUT2D eigenvalue weighted by Gasteiger charge is -2.15. The summed E-state index contributed by atoms with van der Waals surface area (Å²) in [5.41, 5.74) is 10.8. The number of sulfone groups is 1. The highest BCUT2D eigenvalue weighted by molar-refractivity contribution is 7.91. The monoisotopic (exact) mass is 364 g/mol. The van der Waals surface area contributed by atoms with E-state index in [0.717, 1.165) is 33.1 Å². The molecule has 4 N–H and O–H groups in total. The topological polar surface area (TPSA) is 101 Å². The van der Waals surface area contributed by atoms with Crippen LogP contribution >= 0.6 is 0 Å². The molecule has 0 radical (unpaired) electrons. The normalized spacial score (nSPS) is 15.4. The maximum Gasteiger partial charge on any atom is 0.179 e. The summed E-state index contributed by atoms with van der Waals surface area (Å²) >= 11 is 0. The van der Waals surface area contributed by atoms with Gasteiger partial charge in [0.05, 0.1) is 33.7 Å². The lowest BCUT2D eigenvalue weighted by molar-refractivity contribution is 0.600. The molecule has 3 heterocycles. The van der Waals surface area contributed by atoms with Gasteiger partial charge in [-0.1, -0.05) is 6.07 Å². The van der Waals surface area contributed by atoms with E-state index in [9.17, 15) is 8.42 Å². The number of benzene rings is 2. The number of anilines is 3. The van der Waals surface area contributed by atoms with Crippen LogP contribution in [0.15, 0.2) is 53.7 Å². The Hall–Kier alpha value is -3.06. The summed E-state index contributed by atoms with van der Waals surface area (Å²) in [5, 5.41) is 5.28. The summed E-state index contributed by atoms with van der Waals surface area (Å²) in [4.78, 5) is 7.96. The van der Waals surface area contributed by atoms with Crippen molar-refractivity contribution in [1.82, 2.24) is 9.97 Å². The number of nitrogens with one attached hydrogen (secondary N) is 2. The molecule has 1 aliphatic heterocycles. The van der Waals surface area contributed by atoms with Crippen molar-refractivity contribution in [3.63, 3.8) is 0 Å². The smallest absolute Gasteiger partial charge is 0.179 e. The molecular weight excluding hydrogens is 348 g/mol. The van der Waals surface area contributed by atoms with Crippen molar-refractivity contribution in [2.75, 3.05) is 16.8 Å². The second-order valence-corrected chi connectivity index (χ2v) is 8.58. The highest BCUT2D eigenvalue weighted by Gasteiger charge is 2.29. The number of nitrogen functional groups attached to an aromatic ring is 1. The van der Waals surface area contributed by atoms with Gasteiger partial charge in [0.15, 0.2) is 9.84 Å². The molecular formula is C19H16N4O2S. The Morgan fingerprint density at radius 3 is 2.92 bits per heavy atom. The fraction of sp³-hybridized carbons (Fsp3) is 0.105. The highest BCUT2D eigenvalue weighted by atomic mass is 32.2. The van der Waals surface area contributed by atoms with Gasteiger partial charge in [-0.2, -0.15) is 0 Å². The minimum Gasteiger partial charge on any atom is -0.396 e. The molecule has 0 saturated heterocycles. The van der Waals surface area contributed by atoms with Crippen molar-refractivity contribution in [1.29, 1.82) is 0 Å². The maximum absolute atomic E-state index is 12.3. The predicted molar refractivity (Wildman–Crippen MR) is 103 cm³/mol. The van der Waals surface area contributed by atoms with E-state index in [-0.39, 0.29) is 5.75 Å². The fourth-order valence-corrected chi connectivity index (χ4v) is 5.19. The number of aromatic amines is 1. The Morgan fingerprint density at radius 1 is 1.15 bits per heavy atom. The second kappa shape index (κ2) is 5.22. The lowest BCUT2D eigenvalue weighted by atomic mass is 10.0. The van der Waals surface area contributed by atoms with Crippen molar-refractivity contribution in [3.8, 4) is 0 Å². The first-order valence-corrected chi connectivity index (χ1v) is 9.95. The summed E-state index contributed by atoms with van der Waals surface area (Å²) < 4.78 is 24.6. The van der Waals surface area contributed by atoms with Crippen molar-refractivity contribution in [2.45, 2.75) is 11.3 Å². The number of nitrogens with zero attached hydrogens (tertiary/aromatic N) is 1. The standard InChI is InChI=1S/C19H16N4O2S/c20-14-10-22-15-3-4-17-13(6-8-26(17,24)25)18(15)19(14)23-12-2-1-11-5-7-21-16(11)9-12/h1-5,7,9-10,21H,6,8,20H2,(H,22,23). The number of hydrogen-bond donors (Lipinski definition) is 3. The summed E-state index contributed by atoms with van der Waals surface area (Å²) in [5.74, 6) is 0.129. The molecule has 0 amide bonds. The lowest BCUT2D eigenvalue weighted by Crippen LogP contribution is -2.01. The van der Waals surface area contributed by atoms with Crippen LogP contribution in [0.1, 0.15) is 5.56 Å². The predicted octanol–water partition coefficient (Wildman–Crippen LogP) is 3.37. The minimum atomic E-state index is -3.22. The van der Waals surface area contributed by atoms with Crippen LogP contribution in [0.5, 0.6) is 0 Å². The van der Waals surface area contributed by atoms with Crippen molar-refractivity contribution >= 4 is 48.7 Å². The van der Waals surface area contributed by atoms with Crippen LogP contribution in [0.2, 0.25) is 0 Å². The van der Waals surface area contributed by atoms with E-state index in [1.807, 2.05) is 30.5 Å². The van der Waals surface area contributed by atoms with Crippen molar-refractivity contribution < 1.29 is 8.42 Å². The van der Waals surface area contributed by atoms with Gasteiger partial charge >= 0.3 is 0 Å². The molecule has 0 bridgehead atoms. The van der Waals surface area contributed by atoms with Gasteiger partial charge in [-0.25, -0.2) is 8.42 Å². The first kappa shape index (κ1) is 15.2. The Morgan fingerprint density at radius 2 is 2.04 bits per heavy atom. The molecule has 6 nitrogen and oxygen atoms in total. The maximum atomic E-state index is 12.3. The molecule has 2 aromatic carbocycles. The number of hydrogen-bond acceptors (Lipinski definition) is 5. The molecule has 0 unspecified atom stereocenters. The van der Waals surface area contributed by atoms with Gasteiger partial charge in [-0.3, -0.25) is 4.98 Å². The molecule has 7 heteroatoms. The first-order valence-electron chi connectivity index (χ1n) is 8.30. The Labute approximate surface area is 150 Å². The van der Waals surface area contributed by atoms with Crippen molar-refractivity contribution in [3.05, 3.63) is 54.4 Å². The van der Waals surface area contributed by atoms with Gasteiger partial charge < -0.3 is 16.0 Å². The number of aromatic nitrogens is 2. The molecule has 0 spiro atoms. The van der Waals surface area contributed by atoms with E-state index in [4.69, 9.17) is 5.73 Å². The van der Waals surface area contributed by atoms with Crippen LogP contribution in [-0.2, 0) is 16.3 Å². The Balaban J connectivity index is 1.74. The second-order valence-electron chi connectivity index (χ2n) is 6.50.